The Morgan fingerprint density at radius 3 is 2.19 bits per heavy atom. The molecule has 2 aromatic carbocycles. The van der Waals surface area contributed by atoms with E-state index in [4.69, 9.17) is 0 Å². The van der Waals surface area contributed by atoms with Crippen LogP contribution in [0.5, 0.6) is 0 Å². The summed E-state index contributed by atoms with van der Waals surface area (Å²) in [7, 11) is 4.20. The lowest BCUT2D eigenvalue weighted by molar-refractivity contribution is 0.178. The molecule has 21 heavy (non-hydrogen) atoms. The smallest absolute Gasteiger partial charge is 0.0830 e. The Morgan fingerprint density at radius 2 is 1.57 bits per heavy atom. The fourth-order valence-electron chi connectivity index (χ4n) is 2.46. The summed E-state index contributed by atoms with van der Waals surface area (Å²) in [5, 5.41) is 10.3. The van der Waals surface area contributed by atoms with Crippen LogP contribution < -0.4 is 0 Å². The zero-order chi connectivity index (χ0) is 15.1. The maximum Gasteiger partial charge on any atom is 0.0830 e. The summed E-state index contributed by atoms with van der Waals surface area (Å²) in [6.45, 7) is 1.11. The first-order chi connectivity index (χ1) is 10.1. The molecule has 0 amide bonds. The Labute approximate surface area is 128 Å². The summed E-state index contributed by atoms with van der Waals surface area (Å²) < 4.78 is 0. The van der Waals surface area contributed by atoms with Crippen LogP contribution in [0.15, 0.2) is 54.6 Å². The maximum atomic E-state index is 10.3. The second-order valence-corrected chi connectivity index (χ2v) is 5.85. The Hall–Kier alpha value is -1.64. The Bertz CT molecular complexity index is 519. The van der Waals surface area contributed by atoms with Crippen LogP contribution in [-0.4, -0.2) is 30.6 Å². The van der Waals surface area contributed by atoms with E-state index in [0.29, 0.717) is 6.42 Å². The summed E-state index contributed by atoms with van der Waals surface area (Å²) in [6, 6.07) is 18.5. The van der Waals surface area contributed by atoms with E-state index in [9.17, 15) is 5.11 Å². The van der Waals surface area contributed by atoms with Crippen LogP contribution in [0.4, 0.5) is 0 Å². The van der Waals surface area contributed by atoms with Crippen molar-refractivity contribution in [3.8, 4) is 0 Å². The first-order valence-electron chi connectivity index (χ1n) is 7.60. The second kappa shape index (κ2) is 7.96. The first kappa shape index (κ1) is 15.7. The van der Waals surface area contributed by atoms with Crippen molar-refractivity contribution in [3.63, 3.8) is 0 Å². The van der Waals surface area contributed by atoms with Crippen molar-refractivity contribution in [1.82, 2.24) is 4.90 Å². The van der Waals surface area contributed by atoms with Crippen molar-refractivity contribution < 1.29 is 5.11 Å². The van der Waals surface area contributed by atoms with Gasteiger partial charge in [-0.3, -0.25) is 0 Å². The molecule has 0 fully saturated rings. The number of aliphatic hydroxyl groups excluding tert-OH is 1. The molecule has 2 nitrogen and oxygen atoms in total. The third-order valence-corrected chi connectivity index (χ3v) is 3.71. The number of nitrogens with zero attached hydrogens (tertiary/aromatic N) is 1. The molecule has 0 radical (unpaired) electrons. The highest BCUT2D eigenvalue weighted by Gasteiger charge is 2.08. The normalized spacial score (nSPS) is 12.6. The number of rotatable bonds is 7. The van der Waals surface area contributed by atoms with Gasteiger partial charge in [-0.25, -0.2) is 0 Å². The first-order valence-corrected chi connectivity index (χ1v) is 7.60. The molecular formula is C19H25NO. The predicted molar refractivity (Wildman–Crippen MR) is 88.4 cm³/mol. The summed E-state index contributed by atoms with van der Waals surface area (Å²) >= 11 is 0. The predicted octanol–water partition coefficient (Wildman–Crippen LogP) is 3.46. The lowest BCUT2D eigenvalue weighted by atomic mass is 9.99. The van der Waals surface area contributed by atoms with Crippen molar-refractivity contribution in [3.05, 3.63) is 71.3 Å². The van der Waals surface area contributed by atoms with Gasteiger partial charge in [0.1, 0.15) is 0 Å². The minimum atomic E-state index is -0.428. The van der Waals surface area contributed by atoms with Crippen LogP contribution in [0.25, 0.3) is 0 Å². The van der Waals surface area contributed by atoms with Gasteiger partial charge in [0.15, 0.2) is 0 Å². The van der Waals surface area contributed by atoms with Gasteiger partial charge in [0.2, 0.25) is 0 Å². The Morgan fingerprint density at radius 1 is 0.905 bits per heavy atom. The summed E-state index contributed by atoms with van der Waals surface area (Å²) in [5.41, 5.74) is 3.50. The van der Waals surface area contributed by atoms with E-state index in [1.807, 2.05) is 18.2 Å². The monoisotopic (exact) mass is 283 g/mol. The Kier molecular flexibility index (Phi) is 5.97. The number of aliphatic hydroxyl groups is 1. The highest BCUT2D eigenvalue weighted by molar-refractivity contribution is 5.26. The van der Waals surface area contributed by atoms with Crippen molar-refractivity contribution >= 4 is 0 Å². The van der Waals surface area contributed by atoms with Crippen LogP contribution in [0.1, 0.15) is 29.2 Å². The fourth-order valence-corrected chi connectivity index (χ4v) is 2.46. The van der Waals surface area contributed by atoms with E-state index >= 15 is 0 Å². The zero-order valence-corrected chi connectivity index (χ0v) is 13.0. The molecule has 0 heterocycles. The van der Waals surface area contributed by atoms with E-state index in [1.165, 1.54) is 17.5 Å². The van der Waals surface area contributed by atoms with Gasteiger partial charge in [-0.15, -0.1) is 0 Å². The third-order valence-electron chi connectivity index (χ3n) is 3.71. The van der Waals surface area contributed by atoms with Crippen molar-refractivity contribution in [2.24, 2.45) is 0 Å². The SMILES string of the molecule is CN(C)CCCc1ccc(C(O)Cc2ccccc2)cc1. The van der Waals surface area contributed by atoms with Gasteiger partial charge in [0.25, 0.3) is 0 Å². The number of aryl methyl sites for hydroxylation is 1. The van der Waals surface area contributed by atoms with Gasteiger partial charge in [-0.1, -0.05) is 54.6 Å². The van der Waals surface area contributed by atoms with Crippen LogP contribution in [0.2, 0.25) is 0 Å². The van der Waals surface area contributed by atoms with Gasteiger partial charge in [0.05, 0.1) is 6.10 Å². The molecule has 112 valence electrons. The standard InChI is InChI=1S/C19H25NO/c1-20(2)14-6-9-16-10-12-18(13-11-16)19(21)15-17-7-4-3-5-8-17/h3-5,7-8,10-13,19,21H,6,9,14-15H2,1-2H3. The minimum Gasteiger partial charge on any atom is -0.388 e. The number of hydrogen-bond donors (Lipinski definition) is 1. The lowest BCUT2D eigenvalue weighted by Crippen LogP contribution is -2.13. The molecule has 1 atom stereocenters. The average Bonchev–Trinajstić information content (AvgIpc) is 2.48. The Balaban J connectivity index is 1.89. The number of hydrogen-bond acceptors (Lipinski definition) is 2. The van der Waals surface area contributed by atoms with E-state index < -0.39 is 6.10 Å². The summed E-state index contributed by atoms with van der Waals surface area (Å²) in [6.07, 6.45) is 2.50. The second-order valence-electron chi connectivity index (χ2n) is 5.85. The van der Waals surface area contributed by atoms with Crippen LogP contribution in [0, 0.1) is 0 Å². The van der Waals surface area contributed by atoms with Gasteiger partial charge in [-0.2, -0.15) is 0 Å². The average molecular weight is 283 g/mol. The zero-order valence-electron chi connectivity index (χ0n) is 13.0. The minimum absolute atomic E-state index is 0.428. The molecule has 2 rings (SSSR count). The molecule has 0 saturated heterocycles. The van der Waals surface area contributed by atoms with Crippen molar-refractivity contribution in [2.75, 3.05) is 20.6 Å². The molecule has 2 aromatic rings. The molecule has 0 aliphatic carbocycles. The molecular weight excluding hydrogens is 258 g/mol. The van der Waals surface area contributed by atoms with E-state index in [0.717, 1.165) is 18.5 Å². The molecule has 1 unspecified atom stereocenters. The number of benzene rings is 2. The topological polar surface area (TPSA) is 23.5 Å². The van der Waals surface area contributed by atoms with E-state index in [2.05, 4.69) is 55.4 Å². The van der Waals surface area contributed by atoms with E-state index in [1.54, 1.807) is 0 Å². The van der Waals surface area contributed by atoms with Crippen LogP contribution >= 0.6 is 0 Å². The summed E-state index contributed by atoms with van der Waals surface area (Å²) in [5.74, 6) is 0. The van der Waals surface area contributed by atoms with Crippen LogP contribution in [0.3, 0.4) is 0 Å². The fraction of sp³-hybridized carbons (Fsp3) is 0.368. The van der Waals surface area contributed by atoms with Gasteiger partial charge in [0, 0.05) is 6.42 Å². The quantitative estimate of drug-likeness (QED) is 0.841. The molecule has 0 aromatic heterocycles. The summed E-state index contributed by atoms with van der Waals surface area (Å²) in [4.78, 5) is 2.21. The van der Waals surface area contributed by atoms with E-state index in [-0.39, 0.29) is 0 Å². The molecule has 1 N–H and O–H groups in total. The van der Waals surface area contributed by atoms with Crippen LogP contribution in [-0.2, 0) is 12.8 Å². The van der Waals surface area contributed by atoms with Gasteiger partial charge in [-0.05, 0) is 50.2 Å². The third kappa shape index (κ3) is 5.33. The molecule has 0 spiro atoms. The molecule has 0 aliphatic heterocycles. The van der Waals surface area contributed by atoms with Gasteiger partial charge >= 0.3 is 0 Å². The van der Waals surface area contributed by atoms with Crippen molar-refractivity contribution in [2.45, 2.75) is 25.4 Å². The lowest BCUT2D eigenvalue weighted by Gasteiger charge is -2.12. The molecule has 0 bridgehead atoms. The van der Waals surface area contributed by atoms with Crippen molar-refractivity contribution in [1.29, 1.82) is 0 Å². The molecule has 2 heteroatoms. The highest BCUT2D eigenvalue weighted by atomic mass is 16.3. The molecule has 0 aliphatic rings. The highest BCUT2D eigenvalue weighted by Crippen LogP contribution is 2.19. The largest absolute Gasteiger partial charge is 0.388 e. The molecule has 0 saturated carbocycles. The maximum absolute atomic E-state index is 10.3. The van der Waals surface area contributed by atoms with Gasteiger partial charge < -0.3 is 10.0 Å².